The van der Waals surface area contributed by atoms with E-state index < -0.39 is 29.8 Å². The molecule has 0 saturated heterocycles. The van der Waals surface area contributed by atoms with Gasteiger partial charge in [0.2, 0.25) is 5.91 Å². The summed E-state index contributed by atoms with van der Waals surface area (Å²) in [5.74, 6) is -0.554. The summed E-state index contributed by atoms with van der Waals surface area (Å²) in [6, 6.07) is 1.23. The zero-order chi connectivity index (χ0) is 16.0. The summed E-state index contributed by atoms with van der Waals surface area (Å²) in [6.07, 6.45) is -2.90. The number of hydrogen-bond donors (Lipinski definition) is 2. The summed E-state index contributed by atoms with van der Waals surface area (Å²) < 4.78 is 38.4. The Morgan fingerprint density at radius 3 is 2.67 bits per heavy atom. The maximum atomic E-state index is 12.5. The molecule has 0 radical (unpaired) electrons. The molecule has 2 N–H and O–H groups in total. The molecular formula is C13H17F3N2O3. The highest BCUT2D eigenvalue weighted by atomic mass is 19.4. The lowest BCUT2D eigenvalue weighted by Crippen LogP contribution is -2.37. The first-order valence-corrected chi connectivity index (χ1v) is 6.42. The van der Waals surface area contributed by atoms with E-state index >= 15 is 0 Å². The Hall–Kier alpha value is -1.83. The molecule has 0 aliphatic rings. The minimum absolute atomic E-state index is 0.00665. The highest BCUT2D eigenvalue weighted by Gasteiger charge is 2.31. The third kappa shape index (κ3) is 5.58. The minimum Gasteiger partial charge on any atom is -0.396 e. The van der Waals surface area contributed by atoms with Crippen LogP contribution in [0, 0.1) is 0 Å². The molecule has 1 rings (SSSR count). The number of nitrogens with zero attached hydrogens (tertiary/aromatic N) is 1. The number of amides is 1. The molecule has 1 heterocycles. The quantitative estimate of drug-likeness (QED) is 0.828. The Labute approximate surface area is 119 Å². The van der Waals surface area contributed by atoms with E-state index in [1.54, 1.807) is 6.92 Å². The van der Waals surface area contributed by atoms with Gasteiger partial charge in [-0.1, -0.05) is 0 Å². The number of carbonyl (C=O) groups excluding carboxylic acids is 1. The number of aliphatic hydroxyl groups excluding tert-OH is 1. The summed E-state index contributed by atoms with van der Waals surface area (Å²) in [5.41, 5.74) is -1.66. The SMILES string of the molecule is CC(CCCO)NC(=O)Cn1cc(C(F)(F)F)ccc1=O. The summed E-state index contributed by atoms with van der Waals surface area (Å²) in [4.78, 5) is 23.2. The molecule has 1 atom stereocenters. The number of aromatic nitrogens is 1. The van der Waals surface area contributed by atoms with Gasteiger partial charge in [0.05, 0.1) is 5.56 Å². The van der Waals surface area contributed by atoms with Crippen LogP contribution in [-0.4, -0.2) is 28.2 Å². The van der Waals surface area contributed by atoms with Gasteiger partial charge < -0.3 is 15.0 Å². The topological polar surface area (TPSA) is 71.3 Å². The molecule has 1 aromatic heterocycles. The smallest absolute Gasteiger partial charge is 0.396 e. The van der Waals surface area contributed by atoms with Crippen molar-refractivity contribution in [2.45, 2.75) is 38.5 Å². The molecule has 0 aliphatic carbocycles. The van der Waals surface area contributed by atoms with Crippen LogP contribution < -0.4 is 10.9 Å². The number of halogens is 3. The van der Waals surface area contributed by atoms with Gasteiger partial charge in [-0.25, -0.2) is 0 Å². The molecule has 21 heavy (non-hydrogen) atoms. The molecular weight excluding hydrogens is 289 g/mol. The summed E-state index contributed by atoms with van der Waals surface area (Å²) in [5, 5.41) is 11.2. The highest BCUT2D eigenvalue weighted by Crippen LogP contribution is 2.27. The molecule has 0 fully saturated rings. The van der Waals surface area contributed by atoms with Crippen molar-refractivity contribution in [1.82, 2.24) is 9.88 Å². The van der Waals surface area contributed by atoms with Crippen LogP contribution in [-0.2, 0) is 17.5 Å². The molecule has 0 aromatic carbocycles. The molecule has 0 spiro atoms. The lowest BCUT2D eigenvalue weighted by atomic mass is 10.2. The number of carbonyl (C=O) groups is 1. The van der Waals surface area contributed by atoms with Crippen LogP contribution in [0.15, 0.2) is 23.1 Å². The van der Waals surface area contributed by atoms with Crippen molar-refractivity contribution >= 4 is 5.91 Å². The molecule has 118 valence electrons. The van der Waals surface area contributed by atoms with Crippen molar-refractivity contribution in [3.05, 3.63) is 34.2 Å². The first-order valence-electron chi connectivity index (χ1n) is 6.42. The number of rotatable bonds is 6. The molecule has 1 amide bonds. The van der Waals surface area contributed by atoms with Crippen LogP contribution in [0.3, 0.4) is 0 Å². The van der Waals surface area contributed by atoms with Gasteiger partial charge in [-0.15, -0.1) is 0 Å². The van der Waals surface area contributed by atoms with E-state index in [1.807, 2.05) is 0 Å². The average Bonchev–Trinajstić information content (AvgIpc) is 2.37. The lowest BCUT2D eigenvalue weighted by molar-refractivity contribution is -0.138. The number of aliphatic hydroxyl groups is 1. The summed E-state index contributed by atoms with van der Waals surface area (Å²) >= 11 is 0. The highest BCUT2D eigenvalue weighted by molar-refractivity contribution is 5.76. The van der Waals surface area contributed by atoms with Crippen LogP contribution in [0.5, 0.6) is 0 Å². The largest absolute Gasteiger partial charge is 0.417 e. The standard InChI is InChI=1S/C13H17F3N2O3/c1-9(3-2-6-19)17-11(20)8-18-7-10(13(14,15)16)4-5-12(18)21/h4-5,7,9,19H,2-3,6,8H2,1H3,(H,17,20). The lowest BCUT2D eigenvalue weighted by Gasteiger charge is -2.14. The van der Waals surface area contributed by atoms with Crippen molar-refractivity contribution < 1.29 is 23.1 Å². The van der Waals surface area contributed by atoms with E-state index in [4.69, 9.17) is 5.11 Å². The maximum absolute atomic E-state index is 12.5. The van der Waals surface area contributed by atoms with E-state index in [0.29, 0.717) is 25.1 Å². The van der Waals surface area contributed by atoms with Crippen molar-refractivity contribution in [2.24, 2.45) is 0 Å². The van der Waals surface area contributed by atoms with E-state index in [-0.39, 0.29) is 12.6 Å². The van der Waals surface area contributed by atoms with Gasteiger partial charge >= 0.3 is 6.18 Å². The van der Waals surface area contributed by atoms with E-state index in [9.17, 15) is 22.8 Å². The normalized spacial score (nSPS) is 13.0. The first-order chi connectivity index (χ1) is 9.74. The Morgan fingerprint density at radius 1 is 1.43 bits per heavy atom. The number of nitrogens with one attached hydrogen (secondary N) is 1. The third-order valence-electron chi connectivity index (χ3n) is 2.83. The summed E-state index contributed by atoms with van der Waals surface area (Å²) in [7, 11) is 0. The van der Waals surface area contributed by atoms with Crippen molar-refractivity contribution in [2.75, 3.05) is 6.61 Å². The maximum Gasteiger partial charge on any atom is 0.417 e. The first kappa shape index (κ1) is 17.2. The van der Waals surface area contributed by atoms with E-state index in [0.717, 1.165) is 10.6 Å². The molecule has 0 bridgehead atoms. The Bertz CT molecular complexity index is 540. The van der Waals surface area contributed by atoms with Gasteiger partial charge in [0.25, 0.3) is 5.56 Å². The van der Waals surface area contributed by atoms with E-state index in [1.165, 1.54) is 0 Å². The van der Waals surface area contributed by atoms with Crippen molar-refractivity contribution in [1.29, 1.82) is 0 Å². The number of hydrogen-bond acceptors (Lipinski definition) is 3. The molecule has 5 nitrogen and oxygen atoms in total. The van der Waals surface area contributed by atoms with Crippen LogP contribution in [0.25, 0.3) is 0 Å². The third-order valence-corrected chi connectivity index (χ3v) is 2.83. The van der Waals surface area contributed by atoms with Crippen LogP contribution >= 0.6 is 0 Å². The molecule has 8 heteroatoms. The number of alkyl halides is 3. The molecule has 0 aliphatic heterocycles. The molecule has 0 saturated carbocycles. The molecule has 1 aromatic rings. The van der Waals surface area contributed by atoms with E-state index in [2.05, 4.69) is 5.32 Å². The second-order valence-corrected chi connectivity index (χ2v) is 4.72. The Kier molecular flexibility index (Phi) is 5.95. The average molecular weight is 306 g/mol. The van der Waals surface area contributed by atoms with Crippen LogP contribution in [0.1, 0.15) is 25.3 Å². The zero-order valence-electron chi connectivity index (χ0n) is 11.5. The van der Waals surface area contributed by atoms with Crippen molar-refractivity contribution in [3.8, 4) is 0 Å². The van der Waals surface area contributed by atoms with Gasteiger partial charge in [-0.2, -0.15) is 13.2 Å². The zero-order valence-corrected chi connectivity index (χ0v) is 11.5. The summed E-state index contributed by atoms with van der Waals surface area (Å²) in [6.45, 7) is 1.22. The Morgan fingerprint density at radius 2 is 2.10 bits per heavy atom. The fraction of sp³-hybridized carbons (Fsp3) is 0.538. The predicted molar refractivity (Wildman–Crippen MR) is 69.6 cm³/mol. The van der Waals surface area contributed by atoms with Gasteiger partial charge in [-0.05, 0) is 25.8 Å². The van der Waals surface area contributed by atoms with Gasteiger partial charge in [0.1, 0.15) is 6.54 Å². The molecule has 1 unspecified atom stereocenters. The van der Waals surface area contributed by atoms with Crippen LogP contribution in [0.2, 0.25) is 0 Å². The Balaban J connectivity index is 2.74. The second-order valence-electron chi connectivity index (χ2n) is 4.72. The monoisotopic (exact) mass is 306 g/mol. The fourth-order valence-corrected chi connectivity index (χ4v) is 1.77. The van der Waals surface area contributed by atoms with Gasteiger partial charge in [-0.3, -0.25) is 9.59 Å². The van der Waals surface area contributed by atoms with Gasteiger partial charge in [0, 0.05) is 24.9 Å². The van der Waals surface area contributed by atoms with Crippen LogP contribution in [0.4, 0.5) is 13.2 Å². The van der Waals surface area contributed by atoms with Crippen molar-refractivity contribution in [3.63, 3.8) is 0 Å². The number of pyridine rings is 1. The fourth-order valence-electron chi connectivity index (χ4n) is 1.77. The minimum atomic E-state index is -4.57. The van der Waals surface area contributed by atoms with Gasteiger partial charge in [0.15, 0.2) is 0 Å². The predicted octanol–water partition coefficient (Wildman–Crippen LogP) is 1.14. The second kappa shape index (κ2) is 7.26.